The number of carbonyl (C=O) groups excluding carboxylic acids is 2. The van der Waals surface area contributed by atoms with Crippen LogP contribution in [0.15, 0.2) is 18.2 Å². The highest BCUT2D eigenvalue weighted by Gasteiger charge is 2.50. The van der Waals surface area contributed by atoms with E-state index in [9.17, 15) is 14.0 Å². The first-order valence-electron chi connectivity index (χ1n) is 10.6. The minimum atomic E-state index is -0.416. The molecule has 1 aromatic rings. The molecule has 3 fully saturated rings. The number of benzene rings is 1. The average molecular weight is 403 g/mol. The molecule has 158 valence electrons. The van der Waals surface area contributed by atoms with Crippen LogP contribution in [0.5, 0.6) is 0 Å². The molecule has 0 aliphatic carbocycles. The third kappa shape index (κ3) is 3.72. The molecule has 0 aromatic heterocycles. The Morgan fingerprint density at radius 1 is 1.21 bits per heavy atom. The van der Waals surface area contributed by atoms with Gasteiger partial charge < -0.3 is 19.4 Å². The van der Waals surface area contributed by atoms with Crippen molar-refractivity contribution in [2.75, 3.05) is 51.8 Å². The maximum absolute atomic E-state index is 14.9. The molecule has 0 saturated carbocycles. The summed E-state index contributed by atoms with van der Waals surface area (Å²) in [6, 6.07) is 4.94. The van der Waals surface area contributed by atoms with Crippen molar-refractivity contribution >= 4 is 17.5 Å². The molecule has 0 unspecified atom stereocenters. The summed E-state index contributed by atoms with van der Waals surface area (Å²) in [6.07, 6.45) is 4.37. The SMILES string of the molecule is CN(C)C(=O)c1ccc(N2CCC[C@@]3(CCN(C4CCOCC4)C3=O)C2)c(F)c1. The van der Waals surface area contributed by atoms with Gasteiger partial charge in [-0.15, -0.1) is 0 Å². The summed E-state index contributed by atoms with van der Waals surface area (Å²) in [4.78, 5) is 31.0. The second kappa shape index (κ2) is 7.94. The second-order valence-corrected chi connectivity index (χ2v) is 8.76. The molecule has 0 N–H and O–H groups in total. The van der Waals surface area contributed by atoms with Gasteiger partial charge >= 0.3 is 0 Å². The molecule has 29 heavy (non-hydrogen) atoms. The lowest BCUT2D eigenvalue weighted by Crippen LogP contribution is -2.50. The number of amides is 2. The molecule has 1 spiro atoms. The van der Waals surface area contributed by atoms with E-state index < -0.39 is 11.2 Å². The Labute approximate surface area is 171 Å². The highest BCUT2D eigenvalue weighted by molar-refractivity contribution is 5.94. The van der Waals surface area contributed by atoms with Gasteiger partial charge in [0.05, 0.1) is 11.1 Å². The number of carbonyl (C=O) groups is 2. The van der Waals surface area contributed by atoms with Crippen molar-refractivity contribution < 1.29 is 18.7 Å². The van der Waals surface area contributed by atoms with Gasteiger partial charge in [0.1, 0.15) is 5.82 Å². The fourth-order valence-electron chi connectivity index (χ4n) is 5.06. The second-order valence-electron chi connectivity index (χ2n) is 8.76. The third-order valence-corrected chi connectivity index (χ3v) is 6.70. The predicted octanol–water partition coefficient (Wildman–Crippen LogP) is 2.53. The van der Waals surface area contributed by atoms with Crippen molar-refractivity contribution in [1.82, 2.24) is 9.80 Å². The fourth-order valence-corrected chi connectivity index (χ4v) is 5.06. The lowest BCUT2D eigenvalue weighted by atomic mass is 9.78. The van der Waals surface area contributed by atoms with E-state index in [4.69, 9.17) is 4.74 Å². The lowest BCUT2D eigenvalue weighted by Gasteiger charge is -2.41. The molecular weight excluding hydrogens is 373 g/mol. The number of anilines is 1. The highest BCUT2D eigenvalue weighted by Crippen LogP contribution is 2.43. The molecule has 0 radical (unpaired) electrons. The van der Waals surface area contributed by atoms with E-state index in [1.54, 1.807) is 26.2 Å². The van der Waals surface area contributed by atoms with Gasteiger partial charge in [-0.25, -0.2) is 4.39 Å². The predicted molar refractivity (Wildman–Crippen MR) is 108 cm³/mol. The molecule has 2 amide bonds. The standard InChI is InChI=1S/C22H30FN3O3/c1-24(2)20(27)16-4-5-19(18(23)14-16)25-10-3-8-22(15-25)9-11-26(21(22)28)17-6-12-29-13-7-17/h4-5,14,17H,3,6-13,15H2,1-2H3/t22-/m1/s1. The van der Waals surface area contributed by atoms with Crippen molar-refractivity contribution in [1.29, 1.82) is 0 Å². The summed E-state index contributed by atoms with van der Waals surface area (Å²) in [5.41, 5.74) is 0.406. The number of nitrogens with zero attached hydrogens (tertiary/aromatic N) is 3. The van der Waals surface area contributed by atoms with Crippen LogP contribution >= 0.6 is 0 Å². The largest absolute Gasteiger partial charge is 0.381 e. The molecule has 1 aromatic carbocycles. The Bertz CT molecular complexity index is 794. The van der Waals surface area contributed by atoms with Crippen molar-refractivity contribution in [3.05, 3.63) is 29.6 Å². The smallest absolute Gasteiger partial charge is 0.253 e. The molecule has 3 aliphatic rings. The van der Waals surface area contributed by atoms with Crippen LogP contribution in [0, 0.1) is 11.2 Å². The fraction of sp³-hybridized carbons (Fsp3) is 0.636. The Hall–Kier alpha value is -2.15. The molecule has 1 atom stereocenters. The van der Waals surface area contributed by atoms with Gasteiger partial charge in [-0.3, -0.25) is 9.59 Å². The van der Waals surface area contributed by atoms with Crippen LogP contribution in [0.3, 0.4) is 0 Å². The maximum atomic E-state index is 14.9. The first kappa shape index (κ1) is 20.1. The van der Waals surface area contributed by atoms with Gasteiger partial charge in [-0.05, 0) is 50.3 Å². The summed E-state index contributed by atoms with van der Waals surface area (Å²) in [5.74, 6) is -0.390. The first-order valence-corrected chi connectivity index (χ1v) is 10.6. The number of likely N-dealkylation sites (tertiary alicyclic amines) is 1. The number of piperidine rings is 1. The summed E-state index contributed by atoms with van der Waals surface area (Å²) >= 11 is 0. The van der Waals surface area contributed by atoms with Crippen LogP contribution in [-0.2, 0) is 9.53 Å². The summed E-state index contributed by atoms with van der Waals surface area (Å²) in [6.45, 7) is 3.50. The van der Waals surface area contributed by atoms with Crippen molar-refractivity contribution in [3.8, 4) is 0 Å². The van der Waals surface area contributed by atoms with E-state index in [0.717, 1.165) is 58.4 Å². The normalized spacial score (nSPS) is 25.7. The van der Waals surface area contributed by atoms with E-state index >= 15 is 0 Å². The van der Waals surface area contributed by atoms with Crippen molar-refractivity contribution in [3.63, 3.8) is 0 Å². The molecule has 6 nitrogen and oxygen atoms in total. The van der Waals surface area contributed by atoms with Gasteiger partial charge in [0.2, 0.25) is 5.91 Å². The zero-order valence-corrected chi connectivity index (χ0v) is 17.3. The zero-order chi connectivity index (χ0) is 20.6. The van der Waals surface area contributed by atoms with E-state index in [-0.39, 0.29) is 17.9 Å². The maximum Gasteiger partial charge on any atom is 0.253 e. The van der Waals surface area contributed by atoms with E-state index in [2.05, 4.69) is 4.90 Å². The van der Waals surface area contributed by atoms with Gasteiger partial charge in [0.25, 0.3) is 5.91 Å². The topological polar surface area (TPSA) is 53.1 Å². The molecule has 3 aliphatic heterocycles. The van der Waals surface area contributed by atoms with Crippen LogP contribution in [0.25, 0.3) is 0 Å². The molecule has 3 heterocycles. The number of hydrogen-bond acceptors (Lipinski definition) is 4. The molecule has 4 rings (SSSR count). The van der Waals surface area contributed by atoms with Gasteiger partial charge in [0.15, 0.2) is 0 Å². The van der Waals surface area contributed by atoms with Crippen molar-refractivity contribution in [2.24, 2.45) is 5.41 Å². The Balaban J connectivity index is 1.51. The van der Waals surface area contributed by atoms with Gasteiger partial charge in [0, 0.05) is 58.5 Å². The van der Waals surface area contributed by atoms with Crippen LogP contribution in [0.4, 0.5) is 10.1 Å². The highest BCUT2D eigenvalue weighted by atomic mass is 19.1. The number of rotatable bonds is 3. The summed E-state index contributed by atoms with van der Waals surface area (Å²) < 4.78 is 20.3. The van der Waals surface area contributed by atoms with Crippen LogP contribution in [0.2, 0.25) is 0 Å². The van der Waals surface area contributed by atoms with E-state index in [1.807, 2.05) is 4.90 Å². The first-order chi connectivity index (χ1) is 13.9. The molecular formula is C22H30FN3O3. The number of ether oxygens (including phenoxy) is 1. The number of halogens is 1. The summed E-state index contributed by atoms with van der Waals surface area (Å²) in [7, 11) is 3.30. The Morgan fingerprint density at radius 2 is 1.97 bits per heavy atom. The zero-order valence-electron chi connectivity index (χ0n) is 17.3. The van der Waals surface area contributed by atoms with Crippen molar-refractivity contribution in [2.45, 2.75) is 38.1 Å². The Kier molecular flexibility index (Phi) is 5.51. The average Bonchev–Trinajstić information content (AvgIpc) is 3.03. The minimum absolute atomic E-state index is 0.219. The molecule has 7 heteroatoms. The summed E-state index contributed by atoms with van der Waals surface area (Å²) in [5, 5.41) is 0. The Morgan fingerprint density at radius 3 is 2.66 bits per heavy atom. The number of hydrogen-bond donors (Lipinski definition) is 0. The minimum Gasteiger partial charge on any atom is -0.381 e. The van der Waals surface area contributed by atoms with E-state index in [0.29, 0.717) is 17.8 Å². The van der Waals surface area contributed by atoms with E-state index in [1.165, 1.54) is 11.0 Å². The van der Waals surface area contributed by atoms with Crippen LogP contribution in [-0.4, -0.2) is 74.6 Å². The molecule has 0 bridgehead atoms. The van der Waals surface area contributed by atoms with Gasteiger partial charge in [-0.1, -0.05) is 0 Å². The monoisotopic (exact) mass is 403 g/mol. The quantitative estimate of drug-likeness (QED) is 0.778. The van der Waals surface area contributed by atoms with Crippen LogP contribution in [0.1, 0.15) is 42.5 Å². The van der Waals surface area contributed by atoms with Crippen LogP contribution < -0.4 is 4.90 Å². The lowest BCUT2D eigenvalue weighted by molar-refractivity contribution is -0.139. The third-order valence-electron chi connectivity index (χ3n) is 6.70. The van der Waals surface area contributed by atoms with Gasteiger partial charge in [-0.2, -0.15) is 0 Å². The molecule has 3 saturated heterocycles.